The zero-order chi connectivity index (χ0) is 18.7. The molecule has 0 aliphatic rings. The molecule has 0 fully saturated rings. The van der Waals surface area contributed by atoms with Crippen molar-refractivity contribution in [3.63, 3.8) is 0 Å². The van der Waals surface area contributed by atoms with Gasteiger partial charge in [-0.25, -0.2) is 0 Å². The number of benzene rings is 1. The molecule has 5 nitrogen and oxygen atoms in total. The predicted molar refractivity (Wildman–Crippen MR) is 67.0 cm³/mol. The summed E-state index contributed by atoms with van der Waals surface area (Å²) in [5.41, 5.74) is -3.56. The van der Waals surface area contributed by atoms with E-state index in [0.29, 0.717) is 12.1 Å². The minimum Gasteiger partial charge on any atom is -0.481 e. The lowest BCUT2D eigenvalue weighted by Crippen LogP contribution is -2.38. The Morgan fingerprint density at radius 2 is 1.42 bits per heavy atom. The fourth-order valence-electron chi connectivity index (χ4n) is 1.78. The van der Waals surface area contributed by atoms with Crippen molar-refractivity contribution in [3.8, 4) is 0 Å². The highest BCUT2D eigenvalue weighted by Crippen LogP contribution is 2.36. The van der Waals surface area contributed by atoms with Crippen LogP contribution in [0.5, 0.6) is 0 Å². The summed E-state index contributed by atoms with van der Waals surface area (Å²) >= 11 is 0. The second kappa shape index (κ2) is 7.07. The molecule has 0 saturated heterocycles. The molecule has 24 heavy (non-hydrogen) atoms. The molecule has 1 rings (SSSR count). The molecule has 1 aromatic carbocycles. The first-order valence-electron chi connectivity index (χ1n) is 6.27. The predicted octanol–water partition coefficient (Wildman–Crippen LogP) is 2.74. The molecule has 11 heteroatoms. The fraction of sp³-hybridized carbons (Fsp3) is 0.385. The minimum absolute atomic E-state index is 0.0601. The van der Waals surface area contributed by atoms with Crippen LogP contribution in [-0.2, 0) is 28.5 Å². The normalized spacial score (nSPS) is 13.6. The van der Waals surface area contributed by atoms with E-state index in [1.807, 2.05) is 0 Å². The molecule has 0 bridgehead atoms. The number of carboxylic acid groups (broad SMARTS) is 2. The molecule has 3 N–H and O–H groups in total. The van der Waals surface area contributed by atoms with Gasteiger partial charge >= 0.3 is 24.3 Å². The van der Waals surface area contributed by atoms with Gasteiger partial charge in [0.05, 0.1) is 17.5 Å². The smallest absolute Gasteiger partial charge is 0.416 e. The Morgan fingerprint density at radius 1 is 0.958 bits per heavy atom. The van der Waals surface area contributed by atoms with Crippen molar-refractivity contribution in [3.05, 3.63) is 34.9 Å². The van der Waals surface area contributed by atoms with Crippen molar-refractivity contribution >= 4 is 11.9 Å². The SMILES string of the molecule is O=C(O)CC(NCc1cc(C(F)(F)F)cc(C(F)(F)F)c1)C(=O)O. The average molecular weight is 359 g/mol. The van der Waals surface area contributed by atoms with Crippen LogP contribution in [0.25, 0.3) is 0 Å². The number of rotatable bonds is 6. The van der Waals surface area contributed by atoms with Gasteiger partial charge < -0.3 is 10.2 Å². The van der Waals surface area contributed by atoms with E-state index in [1.165, 1.54) is 0 Å². The van der Waals surface area contributed by atoms with Gasteiger partial charge in [-0.3, -0.25) is 14.9 Å². The second-order valence-electron chi connectivity index (χ2n) is 4.78. The molecule has 0 spiro atoms. The third-order valence-electron chi connectivity index (χ3n) is 2.88. The third-order valence-corrected chi connectivity index (χ3v) is 2.88. The highest BCUT2D eigenvalue weighted by atomic mass is 19.4. The summed E-state index contributed by atoms with van der Waals surface area (Å²) in [4.78, 5) is 21.3. The topological polar surface area (TPSA) is 86.6 Å². The van der Waals surface area contributed by atoms with E-state index in [-0.39, 0.29) is 6.07 Å². The summed E-state index contributed by atoms with van der Waals surface area (Å²) in [5.74, 6) is -3.09. The number of halogens is 6. The molecular formula is C13H11F6NO4. The maximum Gasteiger partial charge on any atom is 0.416 e. The first-order chi connectivity index (χ1) is 10.8. The number of carboxylic acids is 2. The number of hydrogen-bond donors (Lipinski definition) is 3. The van der Waals surface area contributed by atoms with E-state index in [0.717, 1.165) is 0 Å². The number of aliphatic carboxylic acids is 2. The van der Waals surface area contributed by atoms with Gasteiger partial charge in [0.15, 0.2) is 0 Å². The van der Waals surface area contributed by atoms with E-state index in [4.69, 9.17) is 10.2 Å². The molecule has 0 heterocycles. The van der Waals surface area contributed by atoms with Crippen LogP contribution in [-0.4, -0.2) is 28.2 Å². The van der Waals surface area contributed by atoms with Crippen LogP contribution in [0.15, 0.2) is 18.2 Å². The number of alkyl halides is 6. The summed E-state index contributed by atoms with van der Waals surface area (Å²) in [7, 11) is 0. The molecule has 0 aromatic heterocycles. The van der Waals surface area contributed by atoms with Gasteiger partial charge in [-0.15, -0.1) is 0 Å². The first-order valence-corrected chi connectivity index (χ1v) is 6.27. The molecule has 0 radical (unpaired) electrons. The van der Waals surface area contributed by atoms with Gasteiger partial charge in [0.2, 0.25) is 0 Å². The van der Waals surface area contributed by atoms with Crippen LogP contribution in [0, 0.1) is 0 Å². The maximum absolute atomic E-state index is 12.7. The summed E-state index contributed by atoms with van der Waals surface area (Å²) in [5, 5.41) is 19.4. The van der Waals surface area contributed by atoms with Crippen LogP contribution in [0.3, 0.4) is 0 Å². The first kappa shape index (κ1) is 19.7. The maximum atomic E-state index is 12.7. The van der Waals surface area contributed by atoms with Crippen molar-refractivity contribution in [2.24, 2.45) is 0 Å². The zero-order valence-corrected chi connectivity index (χ0v) is 11.7. The number of hydrogen-bond acceptors (Lipinski definition) is 3. The highest BCUT2D eigenvalue weighted by molar-refractivity contribution is 5.80. The number of nitrogens with one attached hydrogen (secondary N) is 1. The number of carbonyl (C=O) groups is 2. The molecule has 0 amide bonds. The standard InChI is InChI=1S/C13H11F6NO4/c14-12(15,16)7-1-6(2-8(3-7)13(17,18)19)5-20-9(11(23)24)4-10(21)22/h1-3,9,20H,4-5H2,(H,21,22)(H,23,24). The van der Waals surface area contributed by atoms with E-state index in [9.17, 15) is 35.9 Å². The van der Waals surface area contributed by atoms with Crippen LogP contribution in [0.2, 0.25) is 0 Å². The monoisotopic (exact) mass is 359 g/mol. The Morgan fingerprint density at radius 3 is 1.75 bits per heavy atom. The Labute approximate surface area is 130 Å². The summed E-state index contributed by atoms with van der Waals surface area (Å²) in [6.45, 7) is -0.683. The van der Waals surface area contributed by atoms with Crippen LogP contribution >= 0.6 is 0 Å². The summed E-state index contributed by atoms with van der Waals surface area (Å²) in [6, 6.07) is -0.856. The van der Waals surface area contributed by atoms with E-state index < -0.39 is 60.0 Å². The Balaban J connectivity index is 3.10. The highest BCUT2D eigenvalue weighted by Gasteiger charge is 2.37. The van der Waals surface area contributed by atoms with Gasteiger partial charge in [-0.2, -0.15) is 26.3 Å². The van der Waals surface area contributed by atoms with Gasteiger partial charge in [-0.05, 0) is 23.8 Å². The lowest BCUT2D eigenvalue weighted by atomic mass is 10.0. The second-order valence-corrected chi connectivity index (χ2v) is 4.78. The molecule has 0 saturated carbocycles. The van der Waals surface area contributed by atoms with E-state index >= 15 is 0 Å². The van der Waals surface area contributed by atoms with Gasteiger partial charge in [0.1, 0.15) is 6.04 Å². The van der Waals surface area contributed by atoms with E-state index in [1.54, 1.807) is 0 Å². The third kappa shape index (κ3) is 5.72. The molecule has 1 unspecified atom stereocenters. The van der Waals surface area contributed by atoms with Crippen molar-refractivity contribution in [2.75, 3.05) is 0 Å². The van der Waals surface area contributed by atoms with Crippen molar-refractivity contribution in [2.45, 2.75) is 31.4 Å². The van der Waals surface area contributed by atoms with Gasteiger partial charge in [0, 0.05) is 6.54 Å². The van der Waals surface area contributed by atoms with Crippen molar-refractivity contribution < 1.29 is 46.1 Å². The van der Waals surface area contributed by atoms with Crippen molar-refractivity contribution in [1.29, 1.82) is 0 Å². The summed E-state index contributed by atoms with van der Waals surface area (Å²) in [6.07, 6.45) is -10.9. The molecule has 1 atom stereocenters. The Hall–Kier alpha value is -2.30. The quantitative estimate of drug-likeness (QED) is 0.680. The van der Waals surface area contributed by atoms with Crippen molar-refractivity contribution in [1.82, 2.24) is 5.32 Å². The minimum atomic E-state index is -5.02. The molecular weight excluding hydrogens is 348 g/mol. The van der Waals surface area contributed by atoms with Crippen LogP contribution in [0.4, 0.5) is 26.3 Å². The molecule has 0 aliphatic carbocycles. The summed E-state index contributed by atoms with van der Waals surface area (Å²) < 4.78 is 76.1. The Bertz CT molecular complexity index is 594. The molecule has 1 aromatic rings. The zero-order valence-electron chi connectivity index (χ0n) is 11.7. The van der Waals surface area contributed by atoms with Crippen LogP contribution < -0.4 is 5.32 Å². The Kier molecular flexibility index (Phi) is 5.82. The lowest BCUT2D eigenvalue weighted by Gasteiger charge is -2.16. The lowest BCUT2D eigenvalue weighted by molar-refractivity contribution is -0.146. The van der Waals surface area contributed by atoms with Gasteiger partial charge in [-0.1, -0.05) is 0 Å². The van der Waals surface area contributed by atoms with Crippen LogP contribution in [0.1, 0.15) is 23.1 Å². The molecule has 134 valence electrons. The van der Waals surface area contributed by atoms with Gasteiger partial charge in [0.25, 0.3) is 0 Å². The average Bonchev–Trinajstić information content (AvgIpc) is 2.40. The largest absolute Gasteiger partial charge is 0.481 e. The van der Waals surface area contributed by atoms with E-state index in [2.05, 4.69) is 5.32 Å². The fourth-order valence-corrected chi connectivity index (χ4v) is 1.78. The molecule has 0 aliphatic heterocycles.